The fourth-order valence-corrected chi connectivity index (χ4v) is 2.14. The van der Waals surface area contributed by atoms with E-state index >= 15 is 0 Å². The number of anilines is 2. The van der Waals surface area contributed by atoms with Crippen LogP contribution in [0.1, 0.15) is 10.4 Å². The van der Waals surface area contributed by atoms with Crippen LogP contribution in [-0.2, 0) is 0 Å². The van der Waals surface area contributed by atoms with Crippen molar-refractivity contribution in [1.29, 1.82) is 0 Å². The molecule has 0 aliphatic carbocycles. The summed E-state index contributed by atoms with van der Waals surface area (Å²) in [4.78, 5) is 22.4. The number of hydrogen-bond acceptors (Lipinski definition) is 5. The van der Waals surface area contributed by atoms with Crippen molar-refractivity contribution < 1.29 is 9.53 Å². The first-order valence-corrected chi connectivity index (χ1v) is 7.75. The van der Waals surface area contributed by atoms with Gasteiger partial charge in [-0.05, 0) is 36.4 Å². The van der Waals surface area contributed by atoms with Crippen LogP contribution in [-0.4, -0.2) is 30.0 Å². The summed E-state index contributed by atoms with van der Waals surface area (Å²) in [6.07, 6.45) is 3.02. The Balaban J connectivity index is 1.63. The lowest BCUT2D eigenvalue weighted by atomic mass is 10.2. The van der Waals surface area contributed by atoms with Crippen molar-refractivity contribution >= 4 is 17.3 Å². The van der Waals surface area contributed by atoms with Gasteiger partial charge in [-0.3, -0.25) is 4.79 Å². The van der Waals surface area contributed by atoms with Crippen LogP contribution < -0.4 is 15.0 Å². The van der Waals surface area contributed by atoms with E-state index in [0.717, 1.165) is 5.69 Å². The second-order valence-corrected chi connectivity index (χ2v) is 5.56. The van der Waals surface area contributed by atoms with Gasteiger partial charge in [0.2, 0.25) is 0 Å². The number of amides is 1. The third-order valence-electron chi connectivity index (χ3n) is 3.48. The highest BCUT2D eigenvalue weighted by atomic mass is 16.5. The molecule has 126 valence electrons. The van der Waals surface area contributed by atoms with E-state index in [0.29, 0.717) is 17.0 Å². The molecule has 1 amide bonds. The molecule has 0 saturated carbocycles. The van der Waals surface area contributed by atoms with Gasteiger partial charge in [0.05, 0.1) is 18.1 Å². The Hall–Kier alpha value is -3.41. The van der Waals surface area contributed by atoms with Crippen LogP contribution >= 0.6 is 0 Å². The molecule has 0 atom stereocenters. The van der Waals surface area contributed by atoms with Gasteiger partial charge in [-0.2, -0.15) is 0 Å². The van der Waals surface area contributed by atoms with Gasteiger partial charge >= 0.3 is 6.01 Å². The van der Waals surface area contributed by atoms with Gasteiger partial charge in [-0.15, -0.1) is 0 Å². The van der Waals surface area contributed by atoms with Gasteiger partial charge in [-0.1, -0.05) is 18.2 Å². The molecule has 0 fully saturated rings. The van der Waals surface area contributed by atoms with E-state index in [-0.39, 0.29) is 11.9 Å². The molecule has 1 aromatic heterocycles. The predicted molar refractivity (Wildman–Crippen MR) is 97.3 cm³/mol. The Bertz CT molecular complexity index is 832. The van der Waals surface area contributed by atoms with Crippen molar-refractivity contribution in [3.63, 3.8) is 0 Å². The summed E-state index contributed by atoms with van der Waals surface area (Å²) in [6, 6.07) is 16.8. The van der Waals surface area contributed by atoms with Gasteiger partial charge in [0.1, 0.15) is 5.75 Å². The molecule has 6 heteroatoms. The molecule has 6 nitrogen and oxygen atoms in total. The lowest BCUT2D eigenvalue weighted by Gasteiger charge is -2.12. The molecule has 0 aliphatic rings. The quantitative estimate of drug-likeness (QED) is 0.772. The molecule has 0 bridgehead atoms. The van der Waals surface area contributed by atoms with Crippen LogP contribution in [0.25, 0.3) is 0 Å². The third kappa shape index (κ3) is 4.32. The van der Waals surface area contributed by atoms with Gasteiger partial charge in [-0.25, -0.2) is 9.97 Å². The summed E-state index contributed by atoms with van der Waals surface area (Å²) in [6.45, 7) is 0. The number of nitrogens with zero attached hydrogens (tertiary/aromatic N) is 3. The molecule has 1 heterocycles. The van der Waals surface area contributed by atoms with Gasteiger partial charge in [0.15, 0.2) is 0 Å². The zero-order valence-corrected chi connectivity index (χ0v) is 14.0. The fraction of sp³-hybridized carbons (Fsp3) is 0.105. The first-order valence-electron chi connectivity index (χ1n) is 7.75. The van der Waals surface area contributed by atoms with Crippen LogP contribution in [0.4, 0.5) is 11.4 Å². The highest BCUT2D eigenvalue weighted by Gasteiger charge is 2.08. The molecule has 0 unspecified atom stereocenters. The maximum Gasteiger partial charge on any atom is 0.322 e. The van der Waals surface area contributed by atoms with Crippen molar-refractivity contribution in [3.05, 3.63) is 72.6 Å². The monoisotopic (exact) mass is 334 g/mol. The van der Waals surface area contributed by atoms with Gasteiger partial charge < -0.3 is 15.0 Å². The molecular formula is C19H18N4O2. The topological polar surface area (TPSA) is 67.4 Å². The van der Waals surface area contributed by atoms with E-state index < -0.39 is 0 Å². The van der Waals surface area contributed by atoms with Crippen molar-refractivity contribution in [3.8, 4) is 11.8 Å². The minimum atomic E-state index is -0.217. The van der Waals surface area contributed by atoms with E-state index in [1.54, 1.807) is 12.1 Å². The Kier molecular flexibility index (Phi) is 4.89. The summed E-state index contributed by atoms with van der Waals surface area (Å²) >= 11 is 0. The first kappa shape index (κ1) is 16.4. The maximum absolute atomic E-state index is 12.3. The average molecular weight is 334 g/mol. The first-order chi connectivity index (χ1) is 12.1. The number of hydrogen-bond donors (Lipinski definition) is 1. The smallest absolute Gasteiger partial charge is 0.322 e. The molecule has 1 N–H and O–H groups in total. The molecule has 25 heavy (non-hydrogen) atoms. The predicted octanol–water partition coefficient (Wildman–Crippen LogP) is 3.59. The van der Waals surface area contributed by atoms with Crippen molar-refractivity contribution in [2.45, 2.75) is 0 Å². The molecule has 0 spiro atoms. The lowest BCUT2D eigenvalue weighted by Crippen LogP contribution is -2.13. The number of aromatic nitrogens is 2. The van der Waals surface area contributed by atoms with E-state index in [1.807, 2.05) is 61.5 Å². The second-order valence-electron chi connectivity index (χ2n) is 5.56. The molecule has 0 radical (unpaired) electrons. The fourth-order valence-electron chi connectivity index (χ4n) is 2.14. The minimum Gasteiger partial charge on any atom is -0.424 e. The molecule has 3 rings (SSSR count). The highest BCUT2D eigenvalue weighted by Crippen LogP contribution is 2.18. The summed E-state index contributed by atoms with van der Waals surface area (Å²) in [7, 11) is 3.90. The third-order valence-corrected chi connectivity index (χ3v) is 3.48. The largest absolute Gasteiger partial charge is 0.424 e. The lowest BCUT2D eigenvalue weighted by molar-refractivity contribution is 0.102. The molecule has 2 aromatic carbocycles. The number of rotatable bonds is 5. The molecule has 3 aromatic rings. The van der Waals surface area contributed by atoms with Crippen LogP contribution in [0, 0.1) is 0 Å². The Morgan fingerprint density at radius 1 is 0.960 bits per heavy atom. The van der Waals surface area contributed by atoms with Crippen molar-refractivity contribution in [2.24, 2.45) is 0 Å². The standard InChI is InChI=1S/C19H18N4O2/c1-23(2)16-10-8-14(9-11-16)18(24)22-15-12-20-19(21-13-15)25-17-6-4-3-5-7-17/h3-13H,1-2H3,(H,22,24). The van der Waals surface area contributed by atoms with Gasteiger partial charge in [0, 0.05) is 25.3 Å². The van der Waals surface area contributed by atoms with E-state index in [2.05, 4.69) is 15.3 Å². The summed E-state index contributed by atoms with van der Waals surface area (Å²) in [5.41, 5.74) is 2.10. The van der Waals surface area contributed by atoms with E-state index in [9.17, 15) is 4.79 Å². The molecule has 0 aliphatic heterocycles. The minimum absolute atomic E-state index is 0.217. The number of carbonyl (C=O) groups excluding carboxylic acids is 1. The average Bonchev–Trinajstić information content (AvgIpc) is 2.64. The van der Waals surface area contributed by atoms with Crippen molar-refractivity contribution in [2.75, 3.05) is 24.3 Å². The Morgan fingerprint density at radius 2 is 1.60 bits per heavy atom. The van der Waals surface area contributed by atoms with Gasteiger partial charge in [0.25, 0.3) is 5.91 Å². The summed E-state index contributed by atoms with van der Waals surface area (Å²) in [5, 5.41) is 2.76. The van der Waals surface area contributed by atoms with Crippen LogP contribution in [0.3, 0.4) is 0 Å². The van der Waals surface area contributed by atoms with Crippen LogP contribution in [0.15, 0.2) is 67.0 Å². The number of nitrogens with one attached hydrogen (secondary N) is 1. The summed E-state index contributed by atoms with van der Waals surface area (Å²) < 4.78 is 5.52. The normalized spacial score (nSPS) is 10.2. The number of benzene rings is 2. The zero-order valence-electron chi connectivity index (χ0n) is 14.0. The number of carbonyl (C=O) groups is 1. The summed E-state index contributed by atoms with van der Waals surface area (Å²) in [5.74, 6) is 0.436. The number of ether oxygens (including phenoxy) is 1. The van der Waals surface area contributed by atoms with Crippen LogP contribution in [0.2, 0.25) is 0 Å². The SMILES string of the molecule is CN(C)c1ccc(C(=O)Nc2cnc(Oc3ccccc3)nc2)cc1. The molecule has 0 saturated heterocycles. The highest BCUT2D eigenvalue weighted by molar-refractivity contribution is 6.04. The zero-order chi connectivity index (χ0) is 17.6. The van der Waals surface area contributed by atoms with E-state index in [4.69, 9.17) is 4.74 Å². The van der Waals surface area contributed by atoms with E-state index in [1.165, 1.54) is 12.4 Å². The Labute approximate surface area is 146 Å². The number of para-hydroxylation sites is 1. The second kappa shape index (κ2) is 7.44. The Morgan fingerprint density at radius 3 is 2.20 bits per heavy atom. The van der Waals surface area contributed by atoms with Crippen LogP contribution in [0.5, 0.6) is 11.8 Å². The van der Waals surface area contributed by atoms with Crippen molar-refractivity contribution in [1.82, 2.24) is 9.97 Å². The maximum atomic E-state index is 12.3. The molecular weight excluding hydrogens is 316 g/mol.